The maximum Gasteiger partial charge on any atom is 0.242 e. The highest BCUT2D eigenvalue weighted by molar-refractivity contribution is 7.89. The second-order valence-electron chi connectivity index (χ2n) is 5.44. The first-order valence-electron chi connectivity index (χ1n) is 6.73. The number of anilines is 1. The normalized spacial score (nSPS) is 21.6. The summed E-state index contributed by atoms with van der Waals surface area (Å²) >= 11 is 5.97. The number of likely N-dealkylation sites (N-methyl/N-ethyl adjacent to an activating group) is 2. The standard InChI is InChI=1S/C13H21ClN4O2S/c1-17-5-6-18(2)11(9-17)8-16-21(19,20)13-4-3-10(15)7-12(13)14/h3-4,7,11,16H,5-6,8-9,15H2,1-2H3. The van der Waals surface area contributed by atoms with Crippen LogP contribution in [0.2, 0.25) is 5.02 Å². The number of nitrogens with two attached hydrogens (primary N) is 1. The Morgan fingerprint density at radius 1 is 1.38 bits per heavy atom. The second-order valence-corrected chi connectivity index (χ2v) is 7.58. The number of hydrogen-bond acceptors (Lipinski definition) is 5. The van der Waals surface area contributed by atoms with Gasteiger partial charge in [-0.3, -0.25) is 4.90 Å². The molecular weight excluding hydrogens is 312 g/mol. The lowest BCUT2D eigenvalue weighted by molar-refractivity contribution is 0.117. The van der Waals surface area contributed by atoms with Crippen LogP contribution in [0.1, 0.15) is 0 Å². The van der Waals surface area contributed by atoms with E-state index in [0.29, 0.717) is 12.2 Å². The van der Waals surface area contributed by atoms with Gasteiger partial charge in [-0.2, -0.15) is 0 Å². The molecule has 0 aromatic heterocycles. The molecular formula is C13H21ClN4O2S. The zero-order valence-corrected chi connectivity index (χ0v) is 13.8. The largest absolute Gasteiger partial charge is 0.399 e. The van der Waals surface area contributed by atoms with Crippen LogP contribution < -0.4 is 10.5 Å². The van der Waals surface area contributed by atoms with Crippen molar-refractivity contribution in [2.75, 3.05) is 46.0 Å². The molecule has 1 atom stereocenters. The van der Waals surface area contributed by atoms with Crippen LogP contribution in [0, 0.1) is 0 Å². The Balaban J connectivity index is 2.07. The Labute approximate surface area is 130 Å². The Bertz CT molecular complexity index is 608. The molecule has 1 aliphatic rings. The summed E-state index contributed by atoms with van der Waals surface area (Å²) in [5, 5.41) is 0.136. The quantitative estimate of drug-likeness (QED) is 0.783. The number of piperazine rings is 1. The number of sulfonamides is 1. The van der Waals surface area contributed by atoms with Crippen LogP contribution in [0.3, 0.4) is 0 Å². The molecule has 1 aliphatic heterocycles. The van der Waals surface area contributed by atoms with Crippen molar-refractivity contribution >= 4 is 27.3 Å². The average molecular weight is 333 g/mol. The van der Waals surface area contributed by atoms with E-state index >= 15 is 0 Å². The molecule has 1 unspecified atom stereocenters. The Morgan fingerprint density at radius 2 is 2.10 bits per heavy atom. The van der Waals surface area contributed by atoms with Gasteiger partial charge in [0.05, 0.1) is 5.02 Å². The van der Waals surface area contributed by atoms with E-state index in [4.69, 9.17) is 17.3 Å². The first-order valence-corrected chi connectivity index (χ1v) is 8.59. The molecule has 0 saturated carbocycles. The molecule has 1 aromatic carbocycles. The van der Waals surface area contributed by atoms with Gasteiger partial charge in [-0.1, -0.05) is 11.6 Å². The van der Waals surface area contributed by atoms with Crippen LogP contribution >= 0.6 is 11.6 Å². The molecule has 1 saturated heterocycles. The second kappa shape index (κ2) is 6.50. The summed E-state index contributed by atoms with van der Waals surface area (Å²) in [4.78, 5) is 4.41. The highest BCUT2D eigenvalue weighted by atomic mass is 35.5. The van der Waals surface area contributed by atoms with E-state index in [0.717, 1.165) is 19.6 Å². The predicted octanol–water partition coefficient (Wildman–Crippen LogP) is 0.446. The Morgan fingerprint density at radius 3 is 2.76 bits per heavy atom. The van der Waals surface area contributed by atoms with Crippen molar-refractivity contribution in [3.8, 4) is 0 Å². The number of nitrogens with one attached hydrogen (secondary N) is 1. The topological polar surface area (TPSA) is 78.7 Å². The summed E-state index contributed by atoms with van der Waals surface area (Å²) in [6.07, 6.45) is 0. The van der Waals surface area contributed by atoms with E-state index < -0.39 is 10.0 Å². The molecule has 0 bridgehead atoms. The summed E-state index contributed by atoms with van der Waals surface area (Å²) in [5.74, 6) is 0. The van der Waals surface area contributed by atoms with Gasteiger partial charge in [0.15, 0.2) is 0 Å². The van der Waals surface area contributed by atoms with E-state index in [1.165, 1.54) is 18.2 Å². The van der Waals surface area contributed by atoms with Crippen molar-refractivity contribution in [2.24, 2.45) is 0 Å². The van der Waals surface area contributed by atoms with Crippen LogP contribution in [0.5, 0.6) is 0 Å². The van der Waals surface area contributed by atoms with Gasteiger partial charge in [-0.25, -0.2) is 13.1 Å². The van der Waals surface area contributed by atoms with Gasteiger partial charge in [0.1, 0.15) is 4.90 Å². The maximum atomic E-state index is 12.3. The summed E-state index contributed by atoms with van der Waals surface area (Å²) in [6.45, 7) is 3.09. The fourth-order valence-corrected chi connectivity index (χ4v) is 3.96. The fourth-order valence-electron chi connectivity index (χ4n) is 2.34. The zero-order valence-electron chi connectivity index (χ0n) is 12.2. The Hall–Kier alpha value is -0.860. The van der Waals surface area contributed by atoms with Gasteiger partial charge in [-0.15, -0.1) is 0 Å². The van der Waals surface area contributed by atoms with Crippen LogP contribution in [0.4, 0.5) is 5.69 Å². The molecule has 2 rings (SSSR count). The number of halogens is 1. The van der Waals surface area contributed by atoms with Crippen molar-refractivity contribution in [1.82, 2.24) is 14.5 Å². The van der Waals surface area contributed by atoms with Crippen LogP contribution in [-0.2, 0) is 10.0 Å². The lowest BCUT2D eigenvalue weighted by Gasteiger charge is -2.37. The first kappa shape index (κ1) is 16.5. The molecule has 0 amide bonds. The van der Waals surface area contributed by atoms with E-state index in [1.54, 1.807) is 0 Å². The van der Waals surface area contributed by atoms with Gasteiger partial charge in [0.2, 0.25) is 10.0 Å². The molecule has 3 N–H and O–H groups in total. The first-order chi connectivity index (χ1) is 9.79. The van der Waals surface area contributed by atoms with E-state index in [1.807, 2.05) is 14.1 Å². The van der Waals surface area contributed by atoms with Crippen LogP contribution in [0.25, 0.3) is 0 Å². The number of nitrogens with zero attached hydrogens (tertiary/aromatic N) is 2. The molecule has 118 valence electrons. The smallest absolute Gasteiger partial charge is 0.242 e. The molecule has 1 aromatic rings. The molecule has 0 spiro atoms. The van der Waals surface area contributed by atoms with E-state index in [-0.39, 0.29) is 16.0 Å². The summed E-state index contributed by atoms with van der Waals surface area (Å²) < 4.78 is 27.3. The Kier molecular flexibility index (Phi) is 5.11. The molecule has 1 heterocycles. The third-order valence-corrected chi connectivity index (χ3v) is 5.64. The minimum absolute atomic E-state index is 0.0604. The molecule has 0 radical (unpaired) electrons. The molecule has 6 nitrogen and oxygen atoms in total. The summed E-state index contributed by atoms with van der Waals surface area (Å²) in [6, 6.07) is 4.54. The highest BCUT2D eigenvalue weighted by Gasteiger charge is 2.25. The highest BCUT2D eigenvalue weighted by Crippen LogP contribution is 2.23. The van der Waals surface area contributed by atoms with Crippen molar-refractivity contribution in [2.45, 2.75) is 10.9 Å². The number of benzene rings is 1. The minimum Gasteiger partial charge on any atom is -0.399 e. The molecule has 21 heavy (non-hydrogen) atoms. The SMILES string of the molecule is CN1CCN(C)C(CNS(=O)(=O)c2ccc(N)cc2Cl)C1. The summed E-state index contributed by atoms with van der Waals surface area (Å²) in [5.41, 5.74) is 6.02. The van der Waals surface area contributed by atoms with Crippen molar-refractivity contribution < 1.29 is 8.42 Å². The van der Waals surface area contributed by atoms with Crippen molar-refractivity contribution in [3.63, 3.8) is 0 Å². The average Bonchev–Trinajstić information content (AvgIpc) is 2.39. The van der Waals surface area contributed by atoms with Gasteiger partial charge in [0.25, 0.3) is 0 Å². The predicted molar refractivity (Wildman–Crippen MR) is 85.0 cm³/mol. The van der Waals surface area contributed by atoms with Gasteiger partial charge in [0, 0.05) is 37.9 Å². The van der Waals surface area contributed by atoms with Crippen molar-refractivity contribution in [1.29, 1.82) is 0 Å². The molecule has 0 aliphatic carbocycles. The van der Waals surface area contributed by atoms with E-state index in [9.17, 15) is 8.42 Å². The fraction of sp³-hybridized carbons (Fsp3) is 0.538. The van der Waals surface area contributed by atoms with Crippen LogP contribution in [-0.4, -0.2) is 64.5 Å². The molecule has 1 fully saturated rings. The number of rotatable bonds is 4. The van der Waals surface area contributed by atoms with Crippen molar-refractivity contribution in [3.05, 3.63) is 23.2 Å². The third-order valence-electron chi connectivity index (χ3n) is 3.73. The third kappa shape index (κ3) is 4.08. The summed E-state index contributed by atoms with van der Waals surface area (Å²) in [7, 11) is 0.405. The monoisotopic (exact) mass is 332 g/mol. The van der Waals surface area contributed by atoms with Gasteiger partial charge < -0.3 is 10.6 Å². The van der Waals surface area contributed by atoms with Crippen LogP contribution in [0.15, 0.2) is 23.1 Å². The minimum atomic E-state index is -3.63. The zero-order chi connectivity index (χ0) is 15.6. The van der Waals surface area contributed by atoms with Gasteiger partial charge >= 0.3 is 0 Å². The lowest BCUT2D eigenvalue weighted by atomic mass is 10.2. The number of hydrogen-bond donors (Lipinski definition) is 2. The van der Waals surface area contributed by atoms with E-state index in [2.05, 4.69) is 14.5 Å². The van der Waals surface area contributed by atoms with Gasteiger partial charge in [-0.05, 0) is 32.3 Å². The maximum absolute atomic E-state index is 12.3. The lowest BCUT2D eigenvalue weighted by Crippen LogP contribution is -2.54. The number of nitrogen functional groups attached to an aromatic ring is 1. The molecule has 8 heteroatoms.